The number of nitrogens with one attached hydrogen (secondary N) is 1. The Hall–Kier alpha value is -3.58. The normalized spacial score (nSPS) is 11.2. The number of carbonyl (C=O) groups excluding carboxylic acids is 2. The lowest BCUT2D eigenvalue weighted by atomic mass is 10.2. The number of aromatic hydroxyl groups is 2. The number of amides is 2. The van der Waals surface area contributed by atoms with Crippen molar-refractivity contribution in [1.82, 2.24) is 10.2 Å². The molecule has 0 unspecified atom stereocenters. The van der Waals surface area contributed by atoms with Gasteiger partial charge in [0, 0.05) is 31.8 Å². The van der Waals surface area contributed by atoms with E-state index in [-0.39, 0.29) is 23.3 Å². The molecule has 5 N–H and O–H groups in total. The summed E-state index contributed by atoms with van der Waals surface area (Å²) in [6.07, 6.45) is 8.63. The molecule has 0 heterocycles. The van der Waals surface area contributed by atoms with Gasteiger partial charge in [-0.25, -0.2) is 0 Å². The van der Waals surface area contributed by atoms with Gasteiger partial charge in [-0.05, 0) is 73.4 Å². The second-order valence-electron chi connectivity index (χ2n) is 7.32. The summed E-state index contributed by atoms with van der Waals surface area (Å²) in [7, 11) is 0. The van der Waals surface area contributed by atoms with Gasteiger partial charge in [-0.2, -0.15) is 0 Å². The van der Waals surface area contributed by atoms with Crippen molar-refractivity contribution in [3.8, 4) is 11.5 Å². The van der Waals surface area contributed by atoms with Gasteiger partial charge in [-0.15, -0.1) is 0 Å². The number of hydrogen-bond acceptors (Lipinski definition) is 5. The quantitative estimate of drug-likeness (QED) is 0.231. The van der Waals surface area contributed by atoms with E-state index in [1.165, 1.54) is 12.2 Å². The second kappa shape index (κ2) is 13.7. The predicted molar refractivity (Wildman–Crippen MR) is 127 cm³/mol. The van der Waals surface area contributed by atoms with Crippen LogP contribution in [0.3, 0.4) is 0 Å². The van der Waals surface area contributed by atoms with Gasteiger partial charge >= 0.3 is 0 Å². The smallest absolute Gasteiger partial charge is 0.246 e. The van der Waals surface area contributed by atoms with E-state index in [9.17, 15) is 19.8 Å². The van der Waals surface area contributed by atoms with Crippen molar-refractivity contribution in [2.45, 2.75) is 19.3 Å². The van der Waals surface area contributed by atoms with Crippen molar-refractivity contribution in [2.24, 2.45) is 5.73 Å². The largest absolute Gasteiger partial charge is 0.508 e. The van der Waals surface area contributed by atoms with E-state index in [0.29, 0.717) is 32.6 Å². The Morgan fingerprint density at radius 2 is 1.34 bits per heavy atom. The third-order valence-electron chi connectivity index (χ3n) is 4.73. The monoisotopic (exact) mass is 439 g/mol. The van der Waals surface area contributed by atoms with Crippen LogP contribution in [-0.2, 0) is 9.59 Å². The number of phenols is 2. The van der Waals surface area contributed by atoms with E-state index in [1.807, 2.05) is 0 Å². The number of rotatable bonds is 12. The average molecular weight is 440 g/mol. The highest BCUT2D eigenvalue weighted by Gasteiger charge is 2.10. The van der Waals surface area contributed by atoms with E-state index in [1.54, 1.807) is 65.6 Å². The predicted octanol–water partition coefficient (Wildman–Crippen LogP) is 2.90. The maximum atomic E-state index is 12.6. The number of nitrogens with two attached hydrogens (primary N) is 1. The van der Waals surface area contributed by atoms with Crippen molar-refractivity contribution in [3.05, 3.63) is 71.8 Å². The molecule has 2 rings (SSSR count). The molecule has 2 amide bonds. The lowest BCUT2D eigenvalue weighted by molar-refractivity contribution is -0.126. The Morgan fingerprint density at radius 3 is 1.91 bits per heavy atom. The third-order valence-corrected chi connectivity index (χ3v) is 4.73. The summed E-state index contributed by atoms with van der Waals surface area (Å²) in [6, 6.07) is 13.2. The fourth-order valence-corrected chi connectivity index (χ4v) is 2.94. The topological polar surface area (TPSA) is 116 Å². The Morgan fingerprint density at radius 1 is 0.812 bits per heavy atom. The van der Waals surface area contributed by atoms with Gasteiger partial charge in [0.2, 0.25) is 11.8 Å². The molecule has 0 bridgehead atoms. The van der Waals surface area contributed by atoms with Gasteiger partial charge < -0.3 is 26.2 Å². The van der Waals surface area contributed by atoms with Gasteiger partial charge in [0.05, 0.1) is 0 Å². The molecular formula is C25H31N3O4. The molecule has 7 nitrogen and oxygen atoms in total. The SMILES string of the molecule is N[13CH2]CC[13CH2]N(CCCNC(=O)/C=C/c1ccc(O)cc1)C(=O)/C=C/c1ccc(O)cc1. The van der Waals surface area contributed by atoms with Crippen LogP contribution in [0.2, 0.25) is 0 Å². The number of hydrogen-bond donors (Lipinski definition) is 4. The number of nitrogens with zero attached hydrogens (tertiary/aromatic N) is 1. The molecule has 0 saturated heterocycles. The summed E-state index contributed by atoms with van der Waals surface area (Å²) in [6.45, 7) is 2.14. The molecule has 0 aliphatic rings. The molecule has 0 spiro atoms. The van der Waals surface area contributed by atoms with E-state index in [4.69, 9.17) is 5.73 Å². The summed E-state index contributed by atoms with van der Waals surface area (Å²) in [5.41, 5.74) is 7.21. The first-order valence-corrected chi connectivity index (χ1v) is 10.7. The second-order valence-corrected chi connectivity index (χ2v) is 7.32. The van der Waals surface area contributed by atoms with Crippen molar-refractivity contribution in [2.75, 3.05) is 26.2 Å². The molecule has 0 fully saturated rings. The van der Waals surface area contributed by atoms with Gasteiger partial charge in [-0.1, -0.05) is 24.3 Å². The van der Waals surface area contributed by atoms with Crippen molar-refractivity contribution in [1.29, 1.82) is 0 Å². The van der Waals surface area contributed by atoms with Gasteiger partial charge in [0.25, 0.3) is 0 Å². The summed E-state index contributed by atoms with van der Waals surface area (Å²) in [5.74, 6) is 0.0341. The Bertz CT molecular complexity index is 906. The third kappa shape index (κ3) is 9.49. The first kappa shape index (κ1) is 24.7. The average Bonchev–Trinajstić information content (AvgIpc) is 2.79. The lowest BCUT2D eigenvalue weighted by Gasteiger charge is -2.21. The highest BCUT2D eigenvalue weighted by molar-refractivity contribution is 5.92. The number of unbranched alkanes of at least 4 members (excludes halogenated alkanes) is 1. The fourth-order valence-electron chi connectivity index (χ4n) is 2.94. The molecular weight excluding hydrogens is 408 g/mol. The van der Waals surface area contributed by atoms with E-state index in [2.05, 4.69) is 5.32 Å². The summed E-state index contributed by atoms with van der Waals surface area (Å²) in [5, 5.41) is 21.4. The van der Waals surface area contributed by atoms with Crippen LogP contribution in [0.5, 0.6) is 11.5 Å². The number of carbonyl (C=O) groups is 2. The maximum Gasteiger partial charge on any atom is 0.246 e. The summed E-state index contributed by atoms with van der Waals surface area (Å²) in [4.78, 5) is 26.4. The highest BCUT2D eigenvalue weighted by atomic mass is 16.3. The van der Waals surface area contributed by atoms with E-state index < -0.39 is 0 Å². The van der Waals surface area contributed by atoms with Crippen LogP contribution < -0.4 is 11.1 Å². The zero-order chi connectivity index (χ0) is 23.2. The van der Waals surface area contributed by atoms with Crippen LogP contribution in [0.1, 0.15) is 30.4 Å². The van der Waals surface area contributed by atoms with E-state index in [0.717, 1.165) is 24.0 Å². The number of benzene rings is 2. The zero-order valence-corrected chi connectivity index (χ0v) is 18.1. The fraction of sp³-hybridized carbons (Fsp3) is 0.280. The van der Waals surface area contributed by atoms with Gasteiger partial charge in [-0.3, -0.25) is 9.59 Å². The summed E-state index contributed by atoms with van der Waals surface area (Å²) < 4.78 is 0. The molecule has 2 aromatic carbocycles. The van der Waals surface area contributed by atoms with Crippen molar-refractivity contribution < 1.29 is 19.8 Å². The molecule has 0 aromatic heterocycles. The van der Waals surface area contributed by atoms with Crippen molar-refractivity contribution in [3.63, 3.8) is 0 Å². The highest BCUT2D eigenvalue weighted by Crippen LogP contribution is 2.12. The molecule has 0 aliphatic carbocycles. The van der Waals surface area contributed by atoms with Gasteiger partial charge in [0.15, 0.2) is 0 Å². The summed E-state index contributed by atoms with van der Waals surface area (Å²) >= 11 is 0. The molecule has 0 aliphatic heterocycles. The van der Waals surface area contributed by atoms with Gasteiger partial charge in [0.1, 0.15) is 11.5 Å². The minimum Gasteiger partial charge on any atom is -0.508 e. The Labute approximate surface area is 188 Å². The lowest BCUT2D eigenvalue weighted by Crippen LogP contribution is -2.34. The van der Waals surface area contributed by atoms with E-state index >= 15 is 0 Å². The molecule has 0 atom stereocenters. The molecule has 170 valence electrons. The van der Waals surface area contributed by atoms with Crippen LogP contribution >= 0.6 is 0 Å². The van der Waals surface area contributed by atoms with Crippen molar-refractivity contribution >= 4 is 24.0 Å². The first-order valence-electron chi connectivity index (χ1n) is 10.7. The minimum absolute atomic E-state index is 0.103. The van der Waals surface area contributed by atoms with Crippen LogP contribution in [0.4, 0.5) is 0 Å². The molecule has 0 radical (unpaired) electrons. The molecule has 7 heteroatoms. The zero-order valence-electron chi connectivity index (χ0n) is 18.1. The maximum absolute atomic E-state index is 12.6. The van der Waals surface area contributed by atoms with Crippen LogP contribution in [0.25, 0.3) is 12.2 Å². The Kier molecular flexibility index (Phi) is 10.5. The molecule has 2 aromatic rings. The molecule has 0 saturated carbocycles. The van der Waals surface area contributed by atoms with Crippen LogP contribution in [0, 0.1) is 0 Å². The number of phenolic OH excluding ortho intramolecular Hbond substituents is 2. The standard InChI is InChI=1S/C25H31N3O4/c26-16-1-2-18-28(25(32)15-9-21-6-12-23(30)13-7-21)19-3-17-27-24(31)14-8-20-4-10-22(29)11-5-20/h4-15,29-30H,1-3,16-19,26H2,(H,27,31)/b14-8+,15-9+/i16+1,18+1. The van der Waals surface area contributed by atoms with Crippen LogP contribution in [0.15, 0.2) is 60.7 Å². The Balaban J connectivity index is 1.81. The molecule has 32 heavy (non-hydrogen) atoms. The first-order chi connectivity index (χ1) is 15.5. The van der Waals surface area contributed by atoms with Crippen LogP contribution in [-0.4, -0.2) is 53.1 Å². The minimum atomic E-state index is -0.216.